The molecule has 1 aromatic heterocycles. The van der Waals surface area contributed by atoms with Crippen LogP contribution in [0.4, 0.5) is 5.69 Å². The average Bonchev–Trinajstić information content (AvgIpc) is 2.74. The number of aliphatic hydroxyl groups is 1. The zero-order valence-corrected chi connectivity index (χ0v) is 10.8. The molecule has 0 saturated heterocycles. The first kappa shape index (κ1) is 11.6. The van der Waals surface area contributed by atoms with E-state index in [2.05, 4.69) is 20.9 Å². The number of benzene rings is 1. The minimum atomic E-state index is -0.585. The largest absolute Gasteiger partial charge is 0.398 e. The van der Waals surface area contributed by atoms with Gasteiger partial charge in [0.15, 0.2) is 0 Å². The third-order valence-corrected chi connectivity index (χ3v) is 3.58. The summed E-state index contributed by atoms with van der Waals surface area (Å²) in [6.07, 6.45) is 1.73. The molecule has 16 heavy (non-hydrogen) atoms. The number of aromatic nitrogens is 1. The fourth-order valence-corrected chi connectivity index (χ4v) is 2.49. The zero-order valence-electron chi connectivity index (χ0n) is 8.43. The highest BCUT2D eigenvalue weighted by atomic mass is 79.9. The second-order valence-electron chi connectivity index (χ2n) is 3.46. The molecule has 0 fully saturated rings. The Morgan fingerprint density at radius 3 is 3.00 bits per heavy atom. The van der Waals surface area contributed by atoms with Crippen LogP contribution in [0, 0.1) is 0 Å². The summed E-state index contributed by atoms with van der Waals surface area (Å²) in [6.45, 7) is 0. The SMILES string of the molecule is Nc1ccc(Br)cc1C(O)Cc1cncs1. The van der Waals surface area contributed by atoms with Gasteiger partial charge in [-0.25, -0.2) is 0 Å². The molecule has 2 aromatic rings. The monoisotopic (exact) mass is 298 g/mol. The van der Waals surface area contributed by atoms with Crippen LogP contribution in [0.2, 0.25) is 0 Å². The Morgan fingerprint density at radius 1 is 1.50 bits per heavy atom. The summed E-state index contributed by atoms with van der Waals surface area (Å²) in [6, 6.07) is 5.49. The molecule has 0 radical (unpaired) electrons. The van der Waals surface area contributed by atoms with Crippen molar-refractivity contribution in [3.8, 4) is 0 Å². The maximum Gasteiger partial charge on any atom is 0.0859 e. The molecule has 2 rings (SSSR count). The maximum atomic E-state index is 10.1. The lowest BCUT2D eigenvalue weighted by Gasteiger charge is -2.12. The van der Waals surface area contributed by atoms with Gasteiger partial charge in [-0.2, -0.15) is 0 Å². The molecule has 1 heterocycles. The number of nitrogens with two attached hydrogens (primary N) is 1. The first-order valence-electron chi connectivity index (χ1n) is 4.77. The third kappa shape index (κ3) is 2.61. The topological polar surface area (TPSA) is 59.1 Å². The van der Waals surface area contributed by atoms with Crippen LogP contribution < -0.4 is 5.73 Å². The highest BCUT2D eigenvalue weighted by Crippen LogP contribution is 2.27. The summed E-state index contributed by atoms with van der Waals surface area (Å²) in [4.78, 5) is 5.02. The van der Waals surface area contributed by atoms with Gasteiger partial charge in [0.25, 0.3) is 0 Å². The second-order valence-corrected chi connectivity index (χ2v) is 5.35. The van der Waals surface area contributed by atoms with Gasteiger partial charge < -0.3 is 10.8 Å². The van der Waals surface area contributed by atoms with Crippen LogP contribution in [0.5, 0.6) is 0 Å². The lowest BCUT2D eigenvalue weighted by Crippen LogP contribution is -2.04. The summed E-state index contributed by atoms with van der Waals surface area (Å²) in [5.41, 5.74) is 8.95. The summed E-state index contributed by atoms with van der Waals surface area (Å²) >= 11 is 4.90. The number of hydrogen-bond acceptors (Lipinski definition) is 4. The van der Waals surface area contributed by atoms with E-state index < -0.39 is 6.10 Å². The number of hydrogen-bond donors (Lipinski definition) is 2. The van der Waals surface area contributed by atoms with Crippen LogP contribution in [-0.2, 0) is 6.42 Å². The van der Waals surface area contributed by atoms with Crippen molar-refractivity contribution in [2.24, 2.45) is 0 Å². The summed E-state index contributed by atoms with van der Waals surface area (Å²) < 4.78 is 0.917. The molecule has 1 unspecified atom stereocenters. The normalized spacial score (nSPS) is 12.6. The number of nitrogen functional groups attached to an aromatic ring is 1. The van der Waals surface area contributed by atoms with Crippen molar-refractivity contribution in [1.29, 1.82) is 0 Å². The Labute approximate surface area is 106 Å². The molecule has 1 aromatic carbocycles. The summed E-state index contributed by atoms with van der Waals surface area (Å²) in [7, 11) is 0. The van der Waals surface area contributed by atoms with Crippen molar-refractivity contribution in [1.82, 2.24) is 4.98 Å². The van der Waals surface area contributed by atoms with E-state index in [1.807, 2.05) is 12.1 Å². The quantitative estimate of drug-likeness (QED) is 0.857. The van der Waals surface area contributed by atoms with Gasteiger partial charge in [0.1, 0.15) is 0 Å². The molecule has 0 aliphatic rings. The smallest absolute Gasteiger partial charge is 0.0859 e. The fraction of sp³-hybridized carbons (Fsp3) is 0.182. The summed E-state index contributed by atoms with van der Waals surface area (Å²) in [5.74, 6) is 0. The van der Waals surface area contributed by atoms with Crippen molar-refractivity contribution in [3.05, 3.63) is 44.8 Å². The Balaban J connectivity index is 2.20. The number of thiazole rings is 1. The average molecular weight is 299 g/mol. The molecule has 0 amide bonds. The van der Waals surface area contributed by atoms with E-state index in [4.69, 9.17) is 5.73 Å². The first-order chi connectivity index (χ1) is 7.66. The van der Waals surface area contributed by atoms with Crippen molar-refractivity contribution in [2.75, 3.05) is 5.73 Å². The Bertz CT molecular complexity index is 473. The van der Waals surface area contributed by atoms with Gasteiger partial charge in [-0.3, -0.25) is 4.98 Å². The zero-order chi connectivity index (χ0) is 11.5. The highest BCUT2D eigenvalue weighted by Gasteiger charge is 2.13. The first-order valence-corrected chi connectivity index (χ1v) is 6.44. The fourth-order valence-electron chi connectivity index (χ4n) is 1.48. The van der Waals surface area contributed by atoms with Crippen LogP contribution in [-0.4, -0.2) is 10.1 Å². The van der Waals surface area contributed by atoms with Crippen molar-refractivity contribution in [3.63, 3.8) is 0 Å². The standard InChI is InChI=1S/C11H11BrN2OS/c12-7-1-2-10(13)9(3-7)11(15)4-8-5-14-6-16-8/h1-3,5-6,11,15H,4,13H2. The van der Waals surface area contributed by atoms with Gasteiger partial charge in [0, 0.05) is 33.2 Å². The molecular formula is C11H11BrN2OS. The molecule has 0 aliphatic heterocycles. The second kappa shape index (κ2) is 4.95. The van der Waals surface area contributed by atoms with Gasteiger partial charge in [0.2, 0.25) is 0 Å². The molecule has 5 heteroatoms. The minimum Gasteiger partial charge on any atom is -0.398 e. The van der Waals surface area contributed by atoms with Crippen molar-refractivity contribution >= 4 is 33.0 Å². The summed E-state index contributed by atoms with van der Waals surface area (Å²) in [5, 5.41) is 10.1. The van der Waals surface area contributed by atoms with E-state index >= 15 is 0 Å². The Kier molecular flexibility index (Phi) is 3.58. The van der Waals surface area contributed by atoms with Crippen molar-refractivity contribution in [2.45, 2.75) is 12.5 Å². The maximum absolute atomic E-state index is 10.1. The third-order valence-electron chi connectivity index (χ3n) is 2.29. The minimum absolute atomic E-state index is 0.547. The van der Waals surface area contributed by atoms with Gasteiger partial charge >= 0.3 is 0 Å². The molecule has 84 valence electrons. The number of anilines is 1. The molecule has 3 N–H and O–H groups in total. The van der Waals surface area contributed by atoms with Crippen LogP contribution in [0.25, 0.3) is 0 Å². The predicted octanol–water partition coefficient (Wildman–Crippen LogP) is 2.76. The molecule has 3 nitrogen and oxygen atoms in total. The lowest BCUT2D eigenvalue weighted by molar-refractivity contribution is 0.180. The van der Waals surface area contributed by atoms with Crippen LogP contribution >= 0.6 is 27.3 Å². The van der Waals surface area contributed by atoms with E-state index in [-0.39, 0.29) is 0 Å². The molecule has 0 aliphatic carbocycles. The molecule has 0 saturated carbocycles. The predicted molar refractivity (Wildman–Crippen MR) is 69.3 cm³/mol. The van der Waals surface area contributed by atoms with E-state index in [1.165, 1.54) is 11.3 Å². The number of aliphatic hydroxyl groups excluding tert-OH is 1. The highest BCUT2D eigenvalue weighted by molar-refractivity contribution is 9.10. The van der Waals surface area contributed by atoms with Gasteiger partial charge in [-0.05, 0) is 18.2 Å². The lowest BCUT2D eigenvalue weighted by atomic mass is 10.0. The van der Waals surface area contributed by atoms with E-state index in [0.717, 1.165) is 14.9 Å². The molecular weight excluding hydrogens is 288 g/mol. The van der Waals surface area contributed by atoms with Crippen LogP contribution in [0.3, 0.4) is 0 Å². The van der Waals surface area contributed by atoms with Crippen LogP contribution in [0.15, 0.2) is 34.4 Å². The molecule has 0 bridgehead atoms. The van der Waals surface area contributed by atoms with E-state index in [1.54, 1.807) is 17.8 Å². The molecule has 0 spiro atoms. The van der Waals surface area contributed by atoms with Crippen molar-refractivity contribution < 1.29 is 5.11 Å². The number of rotatable bonds is 3. The number of nitrogens with zero attached hydrogens (tertiary/aromatic N) is 1. The Hall–Kier alpha value is -0.910. The number of halogens is 1. The Morgan fingerprint density at radius 2 is 2.31 bits per heavy atom. The van der Waals surface area contributed by atoms with Crippen LogP contribution in [0.1, 0.15) is 16.5 Å². The van der Waals surface area contributed by atoms with Gasteiger partial charge in [0.05, 0.1) is 11.6 Å². The van der Waals surface area contributed by atoms with E-state index in [0.29, 0.717) is 12.1 Å². The molecule has 1 atom stereocenters. The van der Waals surface area contributed by atoms with Gasteiger partial charge in [-0.1, -0.05) is 15.9 Å². The van der Waals surface area contributed by atoms with Gasteiger partial charge in [-0.15, -0.1) is 11.3 Å². The van der Waals surface area contributed by atoms with E-state index in [9.17, 15) is 5.11 Å².